The second-order valence-corrected chi connectivity index (χ2v) is 3.66. The number of carbonyl (C=O) groups is 2. The molecule has 1 rings (SSSR count). The molecule has 0 atom stereocenters. The van der Waals surface area contributed by atoms with Crippen molar-refractivity contribution in [1.29, 1.82) is 0 Å². The van der Waals surface area contributed by atoms with Crippen molar-refractivity contribution >= 4 is 12.0 Å². The van der Waals surface area contributed by atoms with Gasteiger partial charge in [-0.05, 0) is 19.8 Å². The van der Waals surface area contributed by atoms with E-state index in [0.717, 1.165) is 12.8 Å². The first-order valence-corrected chi connectivity index (χ1v) is 5.38. The first-order chi connectivity index (χ1) is 7.65. The number of nitrogens with one attached hydrogen (secondary N) is 2. The van der Waals surface area contributed by atoms with Gasteiger partial charge in [-0.25, -0.2) is 4.79 Å². The molecule has 2 N–H and O–H groups in total. The Morgan fingerprint density at radius 1 is 1.38 bits per heavy atom. The summed E-state index contributed by atoms with van der Waals surface area (Å²) in [7, 11) is 1.65. The van der Waals surface area contributed by atoms with Crippen LogP contribution in [0.5, 0.6) is 0 Å². The SMILES string of the molecule is CCOC(=O)CNC(=O)NC1CC(OC)C1. The molecule has 0 bridgehead atoms. The Morgan fingerprint density at radius 2 is 2.06 bits per heavy atom. The van der Waals surface area contributed by atoms with Gasteiger partial charge in [0.2, 0.25) is 0 Å². The lowest BCUT2D eigenvalue weighted by molar-refractivity contribution is -0.141. The first kappa shape index (κ1) is 12.8. The lowest BCUT2D eigenvalue weighted by Gasteiger charge is -2.34. The number of rotatable bonds is 5. The van der Waals surface area contributed by atoms with Crippen LogP contribution < -0.4 is 10.6 Å². The van der Waals surface area contributed by atoms with Crippen LogP contribution in [0, 0.1) is 0 Å². The van der Waals surface area contributed by atoms with E-state index in [9.17, 15) is 9.59 Å². The molecule has 0 unspecified atom stereocenters. The van der Waals surface area contributed by atoms with E-state index in [-0.39, 0.29) is 24.7 Å². The summed E-state index contributed by atoms with van der Waals surface area (Å²) in [5, 5.41) is 5.17. The zero-order valence-electron chi connectivity index (χ0n) is 9.62. The number of carbonyl (C=O) groups excluding carboxylic acids is 2. The molecule has 1 aliphatic carbocycles. The molecule has 1 saturated carbocycles. The predicted octanol–water partition coefficient (Wildman–Crippen LogP) is 0.0261. The van der Waals surface area contributed by atoms with Crippen LogP contribution in [-0.2, 0) is 14.3 Å². The summed E-state index contributed by atoms with van der Waals surface area (Å²) in [6.07, 6.45) is 1.89. The number of hydrogen-bond acceptors (Lipinski definition) is 4. The average molecular weight is 230 g/mol. The third kappa shape index (κ3) is 4.06. The minimum Gasteiger partial charge on any atom is -0.465 e. The second kappa shape index (κ2) is 6.32. The molecule has 0 radical (unpaired) electrons. The van der Waals surface area contributed by atoms with Crippen molar-refractivity contribution in [3.05, 3.63) is 0 Å². The van der Waals surface area contributed by atoms with Crippen molar-refractivity contribution in [1.82, 2.24) is 10.6 Å². The number of methoxy groups -OCH3 is 1. The third-order valence-corrected chi connectivity index (χ3v) is 2.46. The minimum atomic E-state index is -0.430. The molecule has 0 aromatic rings. The first-order valence-electron chi connectivity index (χ1n) is 5.38. The number of urea groups is 1. The van der Waals surface area contributed by atoms with Gasteiger partial charge in [-0.15, -0.1) is 0 Å². The highest BCUT2D eigenvalue weighted by Crippen LogP contribution is 2.22. The number of hydrogen-bond donors (Lipinski definition) is 2. The Bertz CT molecular complexity index is 251. The molecule has 6 heteroatoms. The Labute approximate surface area is 94.7 Å². The van der Waals surface area contributed by atoms with E-state index >= 15 is 0 Å². The molecule has 0 aliphatic heterocycles. The van der Waals surface area contributed by atoms with Crippen LogP contribution in [-0.4, -0.2) is 44.4 Å². The zero-order valence-corrected chi connectivity index (χ0v) is 9.62. The van der Waals surface area contributed by atoms with E-state index in [4.69, 9.17) is 4.74 Å². The molecule has 0 aromatic carbocycles. The Kier molecular flexibility index (Phi) is 5.04. The van der Waals surface area contributed by atoms with Gasteiger partial charge in [0.25, 0.3) is 0 Å². The van der Waals surface area contributed by atoms with Crippen LogP contribution in [0.2, 0.25) is 0 Å². The molecule has 2 amide bonds. The van der Waals surface area contributed by atoms with Gasteiger partial charge in [0.1, 0.15) is 6.54 Å². The van der Waals surface area contributed by atoms with Gasteiger partial charge in [0, 0.05) is 13.2 Å². The molecule has 1 fully saturated rings. The van der Waals surface area contributed by atoms with Crippen LogP contribution in [0.15, 0.2) is 0 Å². The van der Waals surface area contributed by atoms with Crippen LogP contribution in [0.25, 0.3) is 0 Å². The van der Waals surface area contributed by atoms with E-state index in [2.05, 4.69) is 15.4 Å². The lowest BCUT2D eigenvalue weighted by atomic mass is 9.89. The highest BCUT2D eigenvalue weighted by Gasteiger charge is 2.30. The standard InChI is InChI=1S/C10H18N2O4/c1-3-16-9(13)6-11-10(14)12-7-4-8(5-7)15-2/h7-8H,3-6H2,1-2H3,(H2,11,12,14). The molecule has 6 nitrogen and oxygen atoms in total. The monoisotopic (exact) mass is 230 g/mol. The molecule has 1 aliphatic rings. The van der Waals surface area contributed by atoms with Gasteiger partial charge < -0.3 is 20.1 Å². The van der Waals surface area contributed by atoms with Gasteiger partial charge in [-0.3, -0.25) is 4.79 Å². The van der Waals surface area contributed by atoms with Gasteiger partial charge >= 0.3 is 12.0 Å². The average Bonchev–Trinajstić information content (AvgIpc) is 2.20. The summed E-state index contributed by atoms with van der Waals surface area (Å²) in [5.41, 5.74) is 0. The van der Waals surface area contributed by atoms with Gasteiger partial charge in [0.05, 0.1) is 12.7 Å². The smallest absolute Gasteiger partial charge is 0.325 e. The summed E-state index contributed by atoms with van der Waals surface area (Å²) in [6.45, 7) is 1.94. The van der Waals surface area contributed by atoms with Crippen molar-refractivity contribution in [3.63, 3.8) is 0 Å². The lowest BCUT2D eigenvalue weighted by Crippen LogP contribution is -2.51. The largest absolute Gasteiger partial charge is 0.465 e. The van der Waals surface area contributed by atoms with Gasteiger partial charge in [-0.2, -0.15) is 0 Å². The molecule has 0 spiro atoms. The van der Waals surface area contributed by atoms with Crippen molar-refractivity contribution < 1.29 is 19.1 Å². The number of esters is 1. The third-order valence-electron chi connectivity index (χ3n) is 2.46. The summed E-state index contributed by atoms with van der Waals surface area (Å²) in [5.74, 6) is -0.430. The normalized spacial score (nSPS) is 23.1. The quantitative estimate of drug-likeness (QED) is 0.653. The fraction of sp³-hybridized carbons (Fsp3) is 0.800. The molecule has 0 heterocycles. The van der Waals surface area contributed by atoms with Crippen LogP contribution in [0.4, 0.5) is 4.79 Å². The van der Waals surface area contributed by atoms with Crippen molar-refractivity contribution in [2.75, 3.05) is 20.3 Å². The predicted molar refractivity (Wildman–Crippen MR) is 57.0 cm³/mol. The maximum Gasteiger partial charge on any atom is 0.325 e. The minimum absolute atomic E-state index is 0.0971. The molecule has 92 valence electrons. The molecule has 16 heavy (non-hydrogen) atoms. The van der Waals surface area contributed by atoms with E-state index in [1.807, 2.05) is 0 Å². The van der Waals surface area contributed by atoms with E-state index in [1.165, 1.54) is 0 Å². The summed E-state index contributed by atoms with van der Waals surface area (Å²) < 4.78 is 9.75. The number of ether oxygens (including phenoxy) is 2. The van der Waals surface area contributed by atoms with E-state index < -0.39 is 5.97 Å². The Balaban J connectivity index is 2.06. The molecular formula is C10H18N2O4. The topological polar surface area (TPSA) is 76.7 Å². The highest BCUT2D eigenvalue weighted by atomic mass is 16.5. The fourth-order valence-electron chi connectivity index (χ4n) is 1.48. The summed E-state index contributed by atoms with van der Waals surface area (Å²) in [6, 6.07) is -0.195. The maximum absolute atomic E-state index is 11.3. The van der Waals surface area contributed by atoms with Crippen LogP contribution in [0.3, 0.4) is 0 Å². The second-order valence-electron chi connectivity index (χ2n) is 3.66. The van der Waals surface area contributed by atoms with E-state index in [1.54, 1.807) is 14.0 Å². The van der Waals surface area contributed by atoms with Crippen LogP contribution in [0.1, 0.15) is 19.8 Å². The molecular weight excluding hydrogens is 212 g/mol. The van der Waals surface area contributed by atoms with Crippen LogP contribution >= 0.6 is 0 Å². The van der Waals surface area contributed by atoms with Gasteiger partial charge in [-0.1, -0.05) is 0 Å². The van der Waals surface area contributed by atoms with Crippen molar-refractivity contribution in [3.8, 4) is 0 Å². The van der Waals surface area contributed by atoms with E-state index in [0.29, 0.717) is 6.61 Å². The number of amides is 2. The highest BCUT2D eigenvalue weighted by molar-refractivity contribution is 5.80. The Morgan fingerprint density at radius 3 is 2.62 bits per heavy atom. The van der Waals surface area contributed by atoms with Crippen molar-refractivity contribution in [2.24, 2.45) is 0 Å². The Hall–Kier alpha value is -1.30. The van der Waals surface area contributed by atoms with Crippen molar-refractivity contribution in [2.45, 2.75) is 31.9 Å². The van der Waals surface area contributed by atoms with Gasteiger partial charge in [0.15, 0.2) is 0 Å². The fourth-order valence-corrected chi connectivity index (χ4v) is 1.48. The molecule has 0 aromatic heterocycles. The molecule has 0 saturated heterocycles. The summed E-state index contributed by atoms with van der Waals surface area (Å²) in [4.78, 5) is 22.2. The zero-order chi connectivity index (χ0) is 12.0. The maximum atomic E-state index is 11.3. The summed E-state index contributed by atoms with van der Waals surface area (Å²) >= 11 is 0.